The lowest BCUT2D eigenvalue weighted by atomic mass is 9.77. The molecule has 0 bridgehead atoms. The van der Waals surface area contributed by atoms with Gasteiger partial charge in [0.05, 0.1) is 12.7 Å². The van der Waals surface area contributed by atoms with Crippen molar-refractivity contribution in [2.45, 2.75) is 86.7 Å². The second kappa shape index (κ2) is 9.27. The molecule has 3 nitrogen and oxygen atoms in total. The Bertz CT molecular complexity index is 896. The van der Waals surface area contributed by atoms with Crippen LogP contribution in [-0.2, 0) is 23.2 Å². The number of esters is 1. The number of fused-ring (bicyclic) bond motifs is 1. The van der Waals surface area contributed by atoms with Crippen LogP contribution in [0.15, 0.2) is 29.5 Å². The van der Waals surface area contributed by atoms with Crippen LogP contribution >= 0.6 is 0 Å². The Morgan fingerprint density at radius 1 is 1.20 bits per heavy atom. The monoisotopic (exact) mass is 410 g/mol. The molecule has 3 heteroatoms. The molecule has 0 aliphatic carbocycles. The second-order valence-electron chi connectivity index (χ2n) is 10.4. The third-order valence-corrected chi connectivity index (χ3v) is 5.40. The van der Waals surface area contributed by atoms with E-state index in [9.17, 15) is 4.79 Å². The number of carbonyl (C=O) groups excluding carboxylic acids is 1. The summed E-state index contributed by atoms with van der Waals surface area (Å²) in [5.41, 5.74) is 9.48. The van der Waals surface area contributed by atoms with Gasteiger partial charge in [0.15, 0.2) is 0 Å². The lowest BCUT2D eigenvalue weighted by Gasteiger charge is -2.28. The molecule has 1 aliphatic rings. The van der Waals surface area contributed by atoms with E-state index < -0.39 is 0 Å². The van der Waals surface area contributed by atoms with E-state index >= 15 is 0 Å². The van der Waals surface area contributed by atoms with E-state index in [1.807, 2.05) is 6.92 Å². The summed E-state index contributed by atoms with van der Waals surface area (Å²) in [5.74, 6) is 0.674. The standard InChI is InChI=1S/C27H38O3/c1-18(13-11-10-12-16-26(3,4)5)14-15-20-23(27(6,7)8)22-21(17-30-25(22)28)19(2)24(20)29-9/h10,14,16H,11,13,15,17H2,1-9H3/b18-14+. The molecule has 2 rings (SSSR count). The molecule has 1 aliphatic heterocycles. The maximum atomic E-state index is 12.6. The fourth-order valence-electron chi connectivity index (χ4n) is 3.95. The summed E-state index contributed by atoms with van der Waals surface area (Å²) < 4.78 is 11.2. The van der Waals surface area contributed by atoms with Gasteiger partial charge in [0.25, 0.3) is 0 Å². The molecule has 1 aromatic carbocycles. The van der Waals surface area contributed by atoms with Crippen molar-refractivity contribution in [3.8, 4) is 5.75 Å². The van der Waals surface area contributed by atoms with Gasteiger partial charge >= 0.3 is 5.97 Å². The minimum absolute atomic E-state index is 0.161. The van der Waals surface area contributed by atoms with Crippen LogP contribution in [0.25, 0.3) is 0 Å². The first-order chi connectivity index (χ1) is 13.9. The van der Waals surface area contributed by atoms with Crippen LogP contribution in [0, 0.1) is 12.3 Å². The summed E-state index contributed by atoms with van der Waals surface area (Å²) >= 11 is 0. The highest BCUT2D eigenvalue weighted by Gasteiger charge is 2.36. The molecular weight excluding hydrogens is 372 g/mol. The molecule has 0 atom stereocenters. The Morgan fingerprint density at radius 3 is 2.43 bits per heavy atom. The number of benzene rings is 1. The lowest BCUT2D eigenvalue weighted by Crippen LogP contribution is -2.21. The van der Waals surface area contributed by atoms with E-state index in [1.165, 1.54) is 5.57 Å². The van der Waals surface area contributed by atoms with Crippen molar-refractivity contribution < 1.29 is 14.3 Å². The molecule has 0 fully saturated rings. The predicted octanol–water partition coefficient (Wildman–Crippen LogP) is 7.00. The Balaban J connectivity index is 2.36. The summed E-state index contributed by atoms with van der Waals surface area (Å²) in [5, 5.41) is 0. The zero-order valence-corrected chi connectivity index (χ0v) is 20.3. The van der Waals surface area contributed by atoms with Crippen LogP contribution < -0.4 is 4.74 Å². The van der Waals surface area contributed by atoms with Crippen molar-refractivity contribution in [3.05, 3.63) is 57.3 Å². The number of cyclic esters (lactones) is 1. The molecule has 0 spiro atoms. The highest BCUT2D eigenvalue weighted by molar-refractivity contribution is 5.97. The first-order valence-electron chi connectivity index (χ1n) is 10.8. The molecule has 164 valence electrons. The van der Waals surface area contributed by atoms with Crippen LogP contribution in [0.5, 0.6) is 5.75 Å². The van der Waals surface area contributed by atoms with Gasteiger partial charge in [0, 0.05) is 11.1 Å². The number of ether oxygens (including phenoxy) is 2. The summed E-state index contributed by atoms with van der Waals surface area (Å²) in [6.07, 6.45) is 9.18. The van der Waals surface area contributed by atoms with Crippen molar-refractivity contribution in [1.29, 1.82) is 0 Å². The van der Waals surface area contributed by atoms with Crippen molar-refractivity contribution >= 4 is 5.97 Å². The van der Waals surface area contributed by atoms with Crippen LogP contribution in [0.4, 0.5) is 0 Å². The number of rotatable bonds is 6. The largest absolute Gasteiger partial charge is 0.496 e. The highest BCUT2D eigenvalue weighted by atomic mass is 16.5. The van der Waals surface area contributed by atoms with Crippen molar-refractivity contribution in [1.82, 2.24) is 0 Å². The van der Waals surface area contributed by atoms with Crippen LogP contribution in [0.1, 0.15) is 93.9 Å². The Hall–Kier alpha value is -2.25. The number of hydrogen-bond acceptors (Lipinski definition) is 3. The van der Waals surface area contributed by atoms with E-state index in [1.54, 1.807) is 7.11 Å². The van der Waals surface area contributed by atoms with E-state index in [0.29, 0.717) is 6.61 Å². The molecule has 1 aromatic rings. The fraction of sp³-hybridized carbons (Fsp3) is 0.556. The Labute approximate surface area is 182 Å². The number of allylic oxidation sites excluding steroid dienone is 3. The molecule has 0 radical (unpaired) electrons. The van der Waals surface area contributed by atoms with Crippen LogP contribution in [0.3, 0.4) is 0 Å². The average molecular weight is 411 g/mol. The van der Waals surface area contributed by atoms with Gasteiger partial charge < -0.3 is 9.47 Å². The maximum absolute atomic E-state index is 12.6. The number of carbonyl (C=O) groups is 1. The predicted molar refractivity (Wildman–Crippen MR) is 124 cm³/mol. The quantitative estimate of drug-likeness (QED) is 0.288. The molecule has 0 aromatic heterocycles. The summed E-state index contributed by atoms with van der Waals surface area (Å²) in [7, 11) is 1.71. The molecular formula is C27H38O3. The van der Waals surface area contributed by atoms with Crippen molar-refractivity contribution in [2.24, 2.45) is 5.41 Å². The van der Waals surface area contributed by atoms with Crippen molar-refractivity contribution in [3.63, 3.8) is 0 Å². The summed E-state index contributed by atoms with van der Waals surface area (Å²) in [4.78, 5) is 12.6. The first kappa shape index (κ1) is 24.0. The van der Waals surface area contributed by atoms with E-state index in [-0.39, 0.29) is 16.8 Å². The lowest BCUT2D eigenvalue weighted by molar-refractivity contribution is 0.0533. The molecule has 30 heavy (non-hydrogen) atoms. The first-order valence-corrected chi connectivity index (χ1v) is 10.8. The highest BCUT2D eigenvalue weighted by Crippen LogP contribution is 2.43. The van der Waals surface area contributed by atoms with Crippen LogP contribution in [0.2, 0.25) is 0 Å². The normalized spacial score (nSPS) is 14.2. The van der Waals surface area contributed by atoms with Gasteiger partial charge in [0.1, 0.15) is 12.4 Å². The van der Waals surface area contributed by atoms with Crippen LogP contribution in [-0.4, -0.2) is 13.1 Å². The number of methoxy groups -OCH3 is 1. The van der Waals surface area contributed by atoms with Crippen molar-refractivity contribution in [2.75, 3.05) is 7.11 Å². The van der Waals surface area contributed by atoms with Gasteiger partial charge in [-0.2, -0.15) is 0 Å². The van der Waals surface area contributed by atoms with E-state index in [4.69, 9.17) is 9.47 Å². The maximum Gasteiger partial charge on any atom is 0.339 e. The molecule has 0 N–H and O–H groups in total. The minimum atomic E-state index is -0.210. The topological polar surface area (TPSA) is 35.5 Å². The third kappa shape index (κ3) is 5.67. The minimum Gasteiger partial charge on any atom is -0.496 e. The smallest absolute Gasteiger partial charge is 0.339 e. The molecule has 0 unspecified atom stereocenters. The van der Waals surface area contributed by atoms with Gasteiger partial charge in [0.2, 0.25) is 0 Å². The Kier molecular flexibility index (Phi) is 7.42. The van der Waals surface area contributed by atoms with Gasteiger partial charge in [-0.25, -0.2) is 4.79 Å². The fourth-order valence-corrected chi connectivity index (χ4v) is 3.95. The zero-order chi connectivity index (χ0) is 22.7. The van der Waals surface area contributed by atoms with Gasteiger partial charge in [-0.3, -0.25) is 0 Å². The Morgan fingerprint density at radius 2 is 1.87 bits per heavy atom. The van der Waals surface area contributed by atoms with E-state index in [2.05, 4.69) is 72.4 Å². The second-order valence-corrected chi connectivity index (χ2v) is 10.4. The average Bonchev–Trinajstić information content (AvgIpc) is 2.99. The van der Waals surface area contributed by atoms with Gasteiger partial charge in [-0.1, -0.05) is 53.2 Å². The zero-order valence-electron chi connectivity index (χ0n) is 20.3. The summed E-state index contributed by atoms with van der Waals surface area (Å²) in [6.45, 7) is 17.5. The molecule has 0 saturated carbocycles. The molecule has 1 heterocycles. The molecule has 0 amide bonds. The molecule has 0 saturated heterocycles. The third-order valence-electron chi connectivity index (χ3n) is 5.40. The summed E-state index contributed by atoms with van der Waals surface area (Å²) in [6, 6.07) is 0. The number of hydrogen-bond donors (Lipinski definition) is 0. The SMILES string of the molecule is COc1c(C)c2c(c(C(C)(C)C)c1C/C=C(\C)CCC=C=CC(C)(C)C)C(=O)OC2. The van der Waals surface area contributed by atoms with Gasteiger partial charge in [-0.05, 0) is 67.2 Å². The van der Waals surface area contributed by atoms with E-state index in [0.717, 1.165) is 52.8 Å². The van der Waals surface area contributed by atoms with Gasteiger partial charge in [-0.15, -0.1) is 5.73 Å².